The largest absolute Gasteiger partial charge is 0.385 e. The molecule has 0 radical (unpaired) electrons. The highest BCUT2D eigenvalue weighted by molar-refractivity contribution is 5.80. The maximum absolute atomic E-state index is 5.16. The lowest BCUT2D eigenvalue weighted by Crippen LogP contribution is -2.04. The van der Waals surface area contributed by atoms with Gasteiger partial charge in [0.15, 0.2) is 5.65 Å². The van der Waals surface area contributed by atoms with Gasteiger partial charge in [-0.25, -0.2) is 9.97 Å². The minimum Gasteiger partial charge on any atom is -0.385 e. The van der Waals surface area contributed by atoms with Crippen molar-refractivity contribution in [2.45, 2.75) is 66.3 Å². The van der Waals surface area contributed by atoms with E-state index in [0.717, 1.165) is 71.9 Å². The topological polar surface area (TPSA) is 52.8 Å². The van der Waals surface area contributed by atoms with E-state index in [2.05, 4.69) is 57.5 Å². The van der Waals surface area contributed by atoms with Crippen molar-refractivity contribution < 1.29 is 4.74 Å². The second-order valence-electron chi connectivity index (χ2n) is 7.77. The van der Waals surface area contributed by atoms with E-state index in [-0.39, 0.29) is 0 Å². The van der Waals surface area contributed by atoms with Gasteiger partial charge < -0.3 is 9.30 Å². The average Bonchev–Trinajstić information content (AvgIpc) is 2.98. The van der Waals surface area contributed by atoms with Crippen LogP contribution in [-0.4, -0.2) is 33.2 Å². The van der Waals surface area contributed by atoms with Crippen molar-refractivity contribution in [3.8, 4) is 11.3 Å². The molecule has 3 aromatic heterocycles. The van der Waals surface area contributed by atoms with E-state index in [1.807, 2.05) is 0 Å². The summed E-state index contributed by atoms with van der Waals surface area (Å²) in [6.07, 6.45) is 5.17. The summed E-state index contributed by atoms with van der Waals surface area (Å²) in [6, 6.07) is 4.29. The summed E-state index contributed by atoms with van der Waals surface area (Å²) in [6.45, 7) is 12.4. The van der Waals surface area contributed by atoms with Crippen LogP contribution in [-0.2, 0) is 17.7 Å². The van der Waals surface area contributed by atoms with Crippen molar-refractivity contribution in [2.24, 2.45) is 0 Å². The minimum atomic E-state index is 0.420. The maximum atomic E-state index is 5.16. The molecular formula is C23H32N4O. The number of hydrogen-bond acceptors (Lipinski definition) is 4. The second kappa shape index (κ2) is 8.82. The van der Waals surface area contributed by atoms with Gasteiger partial charge in [-0.05, 0) is 56.7 Å². The lowest BCUT2D eigenvalue weighted by molar-refractivity contribution is 0.191. The number of fused-ring (bicyclic) bond motifs is 1. The third-order valence-electron chi connectivity index (χ3n) is 5.22. The molecule has 28 heavy (non-hydrogen) atoms. The van der Waals surface area contributed by atoms with Crippen LogP contribution in [0.25, 0.3) is 22.4 Å². The number of methoxy groups -OCH3 is 1. The molecule has 0 aliphatic heterocycles. The minimum absolute atomic E-state index is 0.420. The van der Waals surface area contributed by atoms with Gasteiger partial charge in [-0.1, -0.05) is 20.8 Å². The molecular weight excluding hydrogens is 348 g/mol. The highest BCUT2D eigenvalue weighted by Crippen LogP contribution is 2.29. The first kappa shape index (κ1) is 20.5. The molecule has 3 rings (SSSR count). The fraction of sp³-hybridized carbons (Fsp3) is 0.522. The molecule has 0 saturated carbocycles. The summed E-state index contributed by atoms with van der Waals surface area (Å²) in [5.74, 6) is 0.420. The van der Waals surface area contributed by atoms with Gasteiger partial charge in [-0.2, -0.15) is 0 Å². The summed E-state index contributed by atoms with van der Waals surface area (Å²) in [7, 11) is 1.75. The Bertz CT molecular complexity index is 959. The van der Waals surface area contributed by atoms with Gasteiger partial charge in [-0.3, -0.25) is 4.98 Å². The quantitative estimate of drug-likeness (QED) is 0.503. The first-order valence-electron chi connectivity index (χ1n) is 10.3. The van der Waals surface area contributed by atoms with Crippen LogP contribution >= 0.6 is 0 Å². The van der Waals surface area contributed by atoms with Crippen molar-refractivity contribution in [1.29, 1.82) is 0 Å². The highest BCUT2D eigenvalue weighted by Gasteiger charge is 2.17. The van der Waals surface area contributed by atoms with Crippen LogP contribution in [0.5, 0.6) is 0 Å². The van der Waals surface area contributed by atoms with Gasteiger partial charge in [0, 0.05) is 43.4 Å². The number of rotatable bonds is 8. The summed E-state index contributed by atoms with van der Waals surface area (Å²) < 4.78 is 7.39. The summed E-state index contributed by atoms with van der Waals surface area (Å²) in [5, 5.41) is 0. The zero-order chi connectivity index (χ0) is 20.3. The number of nitrogens with zero attached hydrogens (tertiary/aromatic N) is 4. The Morgan fingerprint density at radius 1 is 1.07 bits per heavy atom. The van der Waals surface area contributed by atoms with Gasteiger partial charge >= 0.3 is 0 Å². The van der Waals surface area contributed by atoms with Crippen LogP contribution < -0.4 is 0 Å². The molecule has 3 aromatic rings. The molecule has 0 aliphatic rings. The molecule has 150 valence electrons. The third kappa shape index (κ3) is 4.09. The van der Waals surface area contributed by atoms with E-state index in [4.69, 9.17) is 19.7 Å². The van der Waals surface area contributed by atoms with Crippen molar-refractivity contribution in [3.05, 3.63) is 41.0 Å². The molecule has 0 fully saturated rings. The number of unbranched alkanes of at least 4 members (excludes halogenated alkanes) is 1. The van der Waals surface area contributed by atoms with Crippen LogP contribution in [0.1, 0.15) is 62.2 Å². The first-order chi connectivity index (χ1) is 13.5. The van der Waals surface area contributed by atoms with E-state index >= 15 is 0 Å². The molecule has 0 atom stereocenters. The molecule has 0 aromatic carbocycles. The van der Waals surface area contributed by atoms with Gasteiger partial charge in [0.2, 0.25) is 0 Å². The molecule has 0 aliphatic carbocycles. The van der Waals surface area contributed by atoms with E-state index in [9.17, 15) is 0 Å². The van der Waals surface area contributed by atoms with Gasteiger partial charge in [0.1, 0.15) is 5.52 Å². The zero-order valence-corrected chi connectivity index (χ0v) is 18.0. The normalized spacial score (nSPS) is 11.7. The van der Waals surface area contributed by atoms with E-state index in [1.54, 1.807) is 7.11 Å². The number of hydrogen-bond donors (Lipinski definition) is 0. The van der Waals surface area contributed by atoms with E-state index in [0.29, 0.717) is 5.92 Å². The summed E-state index contributed by atoms with van der Waals surface area (Å²) >= 11 is 0. The zero-order valence-electron chi connectivity index (χ0n) is 18.0. The van der Waals surface area contributed by atoms with Crippen molar-refractivity contribution in [2.75, 3.05) is 13.7 Å². The Hall–Kier alpha value is -2.27. The monoisotopic (exact) mass is 380 g/mol. The Morgan fingerprint density at radius 3 is 2.54 bits per heavy atom. The van der Waals surface area contributed by atoms with Crippen LogP contribution in [0, 0.1) is 13.8 Å². The Labute approximate surface area is 168 Å². The first-order valence-corrected chi connectivity index (χ1v) is 10.3. The number of aryl methyl sites for hydroxylation is 4. The molecule has 0 amide bonds. The Balaban J connectivity index is 2.02. The fourth-order valence-electron chi connectivity index (χ4n) is 3.61. The average molecular weight is 381 g/mol. The molecule has 5 nitrogen and oxygen atoms in total. The molecule has 5 heteroatoms. The second-order valence-corrected chi connectivity index (χ2v) is 7.77. The standard InChI is InChI=1S/C23H32N4O/c1-7-19-18(10-11-20(25-19)15(2)3)22-17(5)24-23-21(26-22)16(4)14-27(23)12-8-9-13-28-6/h10-11,14-15H,7-9,12-13H2,1-6H3. The molecule has 0 unspecified atom stereocenters. The highest BCUT2D eigenvalue weighted by atomic mass is 16.5. The van der Waals surface area contributed by atoms with Crippen molar-refractivity contribution in [1.82, 2.24) is 19.5 Å². The predicted octanol–water partition coefficient (Wildman–Crippen LogP) is 5.22. The van der Waals surface area contributed by atoms with Crippen LogP contribution in [0.15, 0.2) is 18.3 Å². The van der Waals surface area contributed by atoms with E-state index in [1.165, 1.54) is 5.56 Å². The maximum Gasteiger partial charge on any atom is 0.159 e. The molecule has 0 bridgehead atoms. The van der Waals surface area contributed by atoms with Gasteiger partial charge in [0.25, 0.3) is 0 Å². The van der Waals surface area contributed by atoms with Gasteiger partial charge in [-0.15, -0.1) is 0 Å². The molecule has 0 N–H and O–H groups in total. The smallest absolute Gasteiger partial charge is 0.159 e. The Morgan fingerprint density at radius 2 is 1.86 bits per heavy atom. The van der Waals surface area contributed by atoms with E-state index < -0.39 is 0 Å². The van der Waals surface area contributed by atoms with Crippen molar-refractivity contribution in [3.63, 3.8) is 0 Å². The summed E-state index contributed by atoms with van der Waals surface area (Å²) in [4.78, 5) is 14.9. The fourth-order valence-corrected chi connectivity index (χ4v) is 3.61. The van der Waals surface area contributed by atoms with Crippen molar-refractivity contribution >= 4 is 11.2 Å². The molecule has 3 heterocycles. The number of aromatic nitrogens is 4. The number of ether oxygens (including phenoxy) is 1. The lowest BCUT2D eigenvalue weighted by atomic mass is 10.0. The predicted molar refractivity (Wildman–Crippen MR) is 115 cm³/mol. The van der Waals surface area contributed by atoms with Crippen LogP contribution in [0.2, 0.25) is 0 Å². The third-order valence-corrected chi connectivity index (χ3v) is 5.22. The molecule has 0 saturated heterocycles. The van der Waals surface area contributed by atoms with Crippen LogP contribution in [0.4, 0.5) is 0 Å². The Kier molecular flexibility index (Phi) is 6.45. The molecule has 0 spiro atoms. The lowest BCUT2D eigenvalue weighted by Gasteiger charge is -2.13. The summed E-state index contributed by atoms with van der Waals surface area (Å²) in [5.41, 5.74) is 8.37. The SMILES string of the molecule is CCc1nc(C(C)C)ccc1-c1nc2c(C)cn(CCCCOC)c2nc1C. The number of pyridine rings is 1. The van der Waals surface area contributed by atoms with Crippen LogP contribution in [0.3, 0.4) is 0 Å². The van der Waals surface area contributed by atoms with Gasteiger partial charge in [0.05, 0.1) is 11.4 Å².